The number of hydrogen-bond acceptors (Lipinski definition) is 4. The number of aliphatic imine (C=N–C) groups is 1. The number of alkyl halides is 1. The number of nitrogens with zero attached hydrogens (tertiary/aromatic N) is 3. The molecule has 78 valence electrons. The number of allylic oxidation sites excluding steroid dienone is 1. The van der Waals surface area contributed by atoms with Crippen LogP contribution in [0.3, 0.4) is 0 Å². The molecule has 0 N–H and O–H groups in total. The van der Waals surface area contributed by atoms with E-state index in [0.717, 1.165) is 5.69 Å². The van der Waals surface area contributed by atoms with Crippen molar-refractivity contribution in [2.75, 3.05) is 6.26 Å². The highest BCUT2D eigenvalue weighted by atomic mass is 35.5. The monoisotopic (exact) mass is 239 g/mol. The molecular formula is C10H10ClN3S. The largest absolute Gasteiger partial charge is 0.279 e. The Labute approximate surface area is 98.0 Å². The lowest BCUT2D eigenvalue weighted by atomic mass is 10.3. The van der Waals surface area contributed by atoms with Gasteiger partial charge in [0.1, 0.15) is 5.69 Å². The van der Waals surface area contributed by atoms with Crippen LogP contribution in [0.5, 0.6) is 0 Å². The summed E-state index contributed by atoms with van der Waals surface area (Å²) < 4.78 is 1.86. The van der Waals surface area contributed by atoms with Crippen LogP contribution in [-0.4, -0.2) is 21.8 Å². The Bertz CT molecular complexity index is 393. The van der Waals surface area contributed by atoms with Crippen LogP contribution in [0.1, 0.15) is 5.69 Å². The van der Waals surface area contributed by atoms with Gasteiger partial charge in [0.25, 0.3) is 5.12 Å². The van der Waals surface area contributed by atoms with Gasteiger partial charge in [0.15, 0.2) is 0 Å². The van der Waals surface area contributed by atoms with Crippen LogP contribution in [0.4, 0.5) is 0 Å². The van der Waals surface area contributed by atoms with E-state index in [2.05, 4.69) is 9.98 Å². The predicted molar refractivity (Wildman–Crippen MR) is 64.8 cm³/mol. The van der Waals surface area contributed by atoms with E-state index >= 15 is 0 Å². The highest BCUT2D eigenvalue weighted by molar-refractivity contribution is 7.96. The molecule has 1 aromatic rings. The van der Waals surface area contributed by atoms with E-state index in [1.807, 2.05) is 41.0 Å². The normalized spacial score (nSPS) is 24.5. The Balaban J connectivity index is 2.41. The van der Waals surface area contributed by atoms with Gasteiger partial charge in [-0.3, -0.25) is 9.29 Å². The molecular weight excluding hydrogens is 230 g/mol. The molecule has 3 nitrogen and oxygen atoms in total. The van der Waals surface area contributed by atoms with Crippen molar-refractivity contribution in [3.05, 3.63) is 42.4 Å². The van der Waals surface area contributed by atoms with Gasteiger partial charge in [-0.1, -0.05) is 29.6 Å². The fourth-order valence-corrected chi connectivity index (χ4v) is 2.33. The summed E-state index contributed by atoms with van der Waals surface area (Å²) in [6.45, 7) is 0. The molecule has 1 atom stereocenters. The fraction of sp³-hybridized carbons (Fsp3) is 0.200. The summed E-state index contributed by atoms with van der Waals surface area (Å²) >= 11 is 7.97. The first-order valence-corrected chi connectivity index (χ1v) is 5.99. The number of halogens is 1. The third-order valence-corrected chi connectivity index (χ3v) is 3.39. The van der Waals surface area contributed by atoms with Crippen LogP contribution in [-0.2, 0) is 5.12 Å². The lowest BCUT2D eigenvalue weighted by Gasteiger charge is -2.33. The van der Waals surface area contributed by atoms with Gasteiger partial charge in [-0.25, -0.2) is 4.99 Å². The molecule has 0 aromatic carbocycles. The zero-order chi connectivity index (χ0) is 10.7. The van der Waals surface area contributed by atoms with Crippen LogP contribution >= 0.6 is 23.5 Å². The van der Waals surface area contributed by atoms with Crippen LogP contribution in [0.2, 0.25) is 0 Å². The van der Waals surface area contributed by atoms with E-state index < -0.39 is 5.12 Å². The van der Waals surface area contributed by atoms with Crippen LogP contribution in [0, 0.1) is 0 Å². The van der Waals surface area contributed by atoms with Gasteiger partial charge in [-0.15, -0.1) is 0 Å². The second-order valence-corrected chi connectivity index (χ2v) is 4.22. The molecule has 5 heteroatoms. The molecule has 1 aliphatic rings. The van der Waals surface area contributed by atoms with Gasteiger partial charge >= 0.3 is 0 Å². The Hall–Kier alpha value is -1.00. The van der Waals surface area contributed by atoms with Crippen LogP contribution in [0.25, 0.3) is 0 Å². The van der Waals surface area contributed by atoms with Crippen molar-refractivity contribution in [2.24, 2.45) is 4.99 Å². The Morgan fingerprint density at radius 2 is 2.33 bits per heavy atom. The Morgan fingerprint density at radius 3 is 3.00 bits per heavy atom. The summed E-state index contributed by atoms with van der Waals surface area (Å²) in [6.07, 6.45) is 9.09. The van der Waals surface area contributed by atoms with Crippen LogP contribution in [0.15, 0.2) is 41.7 Å². The first kappa shape index (κ1) is 10.5. The average molecular weight is 240 g/mol. The zero-order valence-electron chi connectivity index (χ0n) is 8.17. The minimum absolute atomic E-state index is 0.724. The van der Waals surface area contributed by atoms with Crippen LogP contribution < -0.4 is 0 Å². The minimum Gasteiger partial charge on any atom is -0.279 e. The predicted octanol–water partition coefficient (Wildman–Crippen LogP) is 2.61. The smallest absolute Gasteiger partial charge is 0.261 e. The van der Waals surface area contributed by atoms with Crippen molar-refractivity contribution in [2.45, 2.75) is 5.12 Å². The first-order chi connectivity index (χ1) is 7.27. The minimum atomic E-state index is -0.921. The van der Waals surface area contributed by atoms with Crippen molar-refractivity contribution < 1.29 is 0 Å². The van der Waals surface area contributed by atoms with E-state index in [1.54, 1.807) is 12.4 Å². The first-order valence-electron chi connectivity index (χ1n) is 4.43. The SMILES string of the molecule is CSN1C=CC=NC1(Cl)c1ccccn1. The molecule has 1 aliphatic heterocycles. The van der Waals surface area contributed by atoms with E-state index in [1.165, 1.54) is 11.9 Å². The standard InChI is InChI=1S/C10H10ClN3S/c1-15-14-8-4-7-13-10(14,11)9-5-2-3-6-12-9/h2-8H,1H3. The van der Waals surface area contributed by atoms with Gasteiger partial charge in [-0.2, -0.15) is 0 Å². The molecule has 0 aliphatic carbocycles. The van der Waals surface area contributed by atoms with Crippen molar-refractivity contribution in [3.63, 3.8) is 0 Å². The van der Waals surface area contributed by atoms with E-state index in [4.69, 9.17) is 11.6 Å². The second kappa shape index (κ2) is 4.24. The zero-order valence-corrected chi connectivity index (χ0v) is 9.74. The van der Waals surface area contributed by atoms with E-state index in [0.29, 0.717) is 0 Å². The molecule has 1 aromatic heterocycles. The molecule has 0 spiro atoms. The number of aromatic nitrogens is 1. The lowest BCUT2D eigenvalue weighted by molar-refractivity contribution is 0.398. The molecule has 0 saturated carbocycles. The summed E-state index contributed by atoms with van der Waals surface area (Å²) in [6, 6.07) is 5.63. The molecule has 2 heterocycles. The molecule has 15 heavy (non-hydrogen) atoms. The molecule has 0 radical (unpaired) electrons. The average Bonchev–Trinajstić information content (AvgIpc) is 2.31. The maximum Gasteiger partial charge on any atom is 0.261 e. The van der Waals surface area contributed by atoms with Gasteiger partial charge < -0.3 is 0 Å². The van der Waals surface area contributed by atoms with Gasteiger partial charge in [0.2, 0.25) is 0 Å². The quantitative estimate of drug-likeness (QED) is 0.451. The second-order valence-electron chi connectivity index (χ2n) is 2.93. The van der Waals surface area contributed by atoms with Gasteiger partial charge in [0.05, 0.1) is 0 Å². The van der Waals surface area contributed by atoms with Crippen molar-refractivity contribution in [1.29, 1.82) is 0 Å². The molecule has 0 bridgehead atoms. The van der Waals surface area contributed by atoms with E-state index in [9.17, 15) is 0 Å². The summed E-state index contributed by atoms with van der Waals surface area (Å²) in [5.41, 5.74) is 0.724. The summed E-state index contributed by atoms with van der Waals surface area (Å²) in [5, 5.41) is -0.921. The highest BCUT2D eigenvalue weighted by Crippen LogP contribution is 2.38. The molecule has 2 rings (SSSR count). The highest BCUT2D eigenvalue weighted by Gasteiger charge is 2.36. The third-order valence-electron chi connectivity index (χ3n) is 2.03. The number of pyridine rings is 1. The van der Waals surface area contributed by atoms with Crippen molar-refractivity contribution in [3.8, 4) is 0 Å². The number of hydrogen-bond donors (Lipinski definition) is 0. The van der Waals surface area contributed by atoms with Gasteiger partial charge in [0, 0.05) is 24.9 Å². The summed E-state index contributed by atoms with van der Waals surface area (Å²) in [4.78, 5) is 8.52. The third kappa shape index (κ3) is 1.87. The number of rotatable bonds is 2. The summed E-state index contributed by atoms with van der Waals surface area (Å²) in [5.74, 6) is 0. The molecule has 1 unspecified atom stereocenters. The fourth-order valence-electron chi connectivity index (χ4n) is 1.33. The van der Waals surface area contributed by atoms with Crippen molar-refractivity contribution >= 4 is 29.8 Å². The Morgan fingerprint density at radius 1 is 1.47 bits per heavy atom. The molecule has 0 fully saturated rings. The maximum atomic E-state index is 6.46. The van der Waals surface area contributed by atoms with E-state index in [-0.39, 0.29) is 0 Å². The molecule has 0 saturated heterocycles. The molecule has 0 amide bonds. The Kier molecular flexibility index (Phi) is 2.98. The van der Waals surface area contributed by atoms with Gasteiger partial charge in [-0.05, 0) is 18.2 Å². The lowest BCUT2D eigenvalue weighted by Crippen LogP contribution is -2.34. The van der Waals surface area contributed by atoms with Crippen molar-refractivity contribution in [1.82, 2.24) is 9.29 Å². The summed E-state index contributed by atoms with van der Waals surface area (Å²) in [7, 11) is 0. The topological polar surface area (TPSA) is 28.5 Å². The maximum absolute atomic E-state index is 6.46.